The number of fused-ring (bicyclic) bond motifs is 1. The normalized spacial score (nSPS) is 12.6. The highest BCUT2D eigenvalue weighted by molar-refractivity contribution is 7.19. The maximum absolute atomic E-state index is 10.7. The Morgan fingerprint density at radius 2 is 2.20 bits per heavy atom. The summed E-state index contributed by atoms with van der Waals surface area (Å²) >= 11 is 1.68. The van der Waals surface area contributed by atoms with E-state index in [1.807, 2.05) is 19.1 Å². The van der Waals surface area contributed by atoms with Crippen LogP contribution in [0.15, 0.2) is 30.3 Å². The number of hydrogen-bond donors (Lipinski definition) is 2. The van der Waals surface area contributed by atoms with Crippen molar-refractivity contribution in [2.75, 3.05) is 0 Å². The Balaban J connectivity index is 2.32. The van der Waals surface area contributed by atoms with Crippen molar-refractivity contribution in [3.63, 3.8) is 0 Å². The predicted octanol–water partition coefficient (Wildman–Crippen LogP) is 2.63. The monoisotopic (exact) mass is 220 g/mol. The molecule has 2 amide bonds. The summed E-state index contributed by atoms with van der Waals surface area (Å²) in [7, 11) is 0. The van der Waals surface area contributed by atoms with Gasteiger partial charge in [-0.2, -0.15) is 0 Å². The molecule has 0 radical (unpaired) electrons. The first kappa shape index (κ1) is 9.98. The number of amides is 2. The highest BCUT2D eigenvalue weighted by Crippen LogP contribution is 2.29. The Kier molecular flexibility index (Phi) is 2.60. The Bertz CT molecular complexity index is 459. The summed E-state index contributed by atoms with van der Waals surface area (Å²) in [6.07, 6.45) is 0. The van der Waals surface area contributed by atoms with E-state index in [-0.39, 0.29) is 6.04 Å². The van der Waals surface area contributed by atoms with Crippen LogP contribution in [0, 0.1) is 0 Å². The number of nitrogens with one attached hydrogen (secondary N) is 1. The average Bonchev–Trinajstić information content (AvgIpc) is 2.59. The van der Waals surface area contributed by atoms with Gasteiger partial charge >= 0.3 is 6.03 Å². The van der Waals surface area contributed by atoms with E-state index in [0.29, 0.717) is 0 Å². The van der Waals surface area contributed by atoms with E-state index in [0.717, 1.165) is 4.88 Å². The molecule has 15 heavy (non-hydrogen) atoms. The van der Waals surface area contributed by atoms with Crippen LogP contribution in [0.5, 0.6) is 0 Å². The first-order valence-electron chi connectivity index (χ1n) is 4.71. The van der Waals surface area contributed by atoms with Crippen LogP contribution in [0.25, 0.3) is 10.1 Å². The third-order valence-electron chi connectivity index (χ3n) is 2.23. The molecule has 1 atom stereocenters. The van der Waals surface area contributed by atoms with Gasteiger partial charge in [-0.25, -0.2) is 4.79 Å². The zero-order valence-corrected chi connectivity index (χ0v) is 9.17. The molecule has 0 spiro atoms. The van der Waals surface area contributed by atoms with Crippen molar-refractivity contribution in [3.8, 4) is 0 Å². The molecular weight excluding hydrogens is 208 g/mol. The van der Waals surface area contributed by atoms with Gasteiger partial charge in [-0.05, 0) is 24.4 Å². The predicted molar refractivity (Wildman–Crippen MR) is 63.0 cm³/mol. The van der Waals surface area contributed by atoms with Crippen molar-refractivity contribution in [1.82, 2.24) is 5.32 Å². The number of urea groups is 1. The molecule has 0 fully saturated rings. The minimum Gasteiger partial charge on any atom is -0.352 e. The molecule has 0 aliphatic rings. The average molecular weight is 220 g/mol. The lowest BCUT2D eigenvalue weighted by Crippen LogP contribution is -2.31. The van der Waals surface area contributed by atoms with Gasteiger partial charge in [0.1, 0.15) is 0 Å². The minimum absolute atomic E-state index is 0.0279. The molecule has 0 saturated heterocycles. The molecular formula is C11H12N2OS. The van der Waals surface area contributed by atoms with Gasteiger partial charge in [-0.1, -0.05) is 18.2 Å². The number of benzene rings is 1. The second-order valence-corrected chi connectivity index (χ2v) is 4.53. The molecule has 1 heterocycles. The van der Waals surface area contributed by atoms with E-state index < -0.39 is 6.03 Å². The molecule has 2 rings (SSSR count). The van der Waals surface area contributed by atoms with E-state index >= 15 is 0 Å². The summed E-state index contributed by atoms with van der Waals surface area (Å²) in [5.41, 5.74) is 5.08. The number of carbonyl (C=O) groups is 1. The van der Waals surface area contributed by atoms with Gasteiger partial charge in [0, 0.05) is 9.58 Å². The second-order valence-electron chi connectivity index (χ2n) is 3.42. The van der Waals surface area contributed by atoms with Gasteiger partial charge in [0.05, 0.1) is 6.04 Å². The molecule has 2 aromatic rings. The van der Waals surface area contributed by atoms with Crippen molar-refractivity contribution >= 4 is 27.5 Å². The summed E-state index contributed by atoms with van der Waals surface area (Å²) in [5, 5.41) is 3.87. The Hall–Kier alpha value is -1.55. The highest BCUT2D eigenvalue weighted by atomic mass is 32.1. The molecule has 0 bridgehead atoms. The van der Waals surface area contributed by atoms with Crippen LogP contribution in [-0.4, -0.2) is 6.03 Å². The fourth-order valence-corrected chi connectivity index (χ4v) is 2.57. The molecule has 0 unspecified atom stereocenters. The van der Waals surface area contributed by atoms with E-state index in [4.69, 9.17) is 5.73 Å². The van der Waals surface area contributed by atoms with Crippen LogP contribution < -0.4 is 11.1 Å². The SMILES string of the molecule is C[C@H](NC(N)=O)c1cc2ccccc2s1. The van der Waals surface area contributed by atoms with E-state index in [2.05, 4.69) is 23.5 Å². The molecule has 0 aliphatic carbocycles. The highest BCUT2D eigenvalue weighted by Gasteiger charge is 2.10. The maximum atomic E-state index is 10.7. The number of nitrogens with two attached hydrogens (primary N) is 1. The van der Waals surface area contributed by atoms with Crippen LogP contribution in [0.2, 0.25) is 0 Å². The van der Waals surface area contributed by atoms with Crippen LogP contribution in [0.1, 0.15) is 17.8 Å². The van der Waals surface area contributed by atoms with E-state index in [1.165, 1.54) is 10.1 Å². The molecule has 1 aromatic carbocycles. The molecule has 4 heteroatoms. The number of primary amides is 1. The third-order valence-corrected chi connectivity index (χ3v) is 3.53. The Morgan fingerprint density at radius 1 is 1.47 bits per heavy atom. The zero-order valence-electron chi connectivity index (χ0n) is 8.36. The summed E-state index contributed by atoms with van der Waals surface area (Å²) in [6, 6.07) is 9.72. The topological polar surface area (TPSA) is 55.1 Å². The zero-order chi connectivity index (χ0) is 10.8. The third kappa shape index (κ3) is 2.10. The molecule has 78 valence electrons. The van der Waals surface area contributed by atoms with Crippen molar-refractivity contribution in [3.05, 3.63) is 35.2 Å². The largest absolute Gasteiger partial charge is 0.352 e. The first-order valence-corrected chi connectivity index (χ1v) is 5.53. The van der Waals surface area contributed by atoms with Crippen LogP contribution in [0.3, 0.4) is 0 Å². The lowest BCUT2D eigenvalue weighted by Gasteiger charge is -2.08. The molecule has 0 saturated carbocycles. The smallest absolute Gasteiger partial charge is 0.312 e. The van der Waals surface area contributed by atoms with E-state index in [9.17, 15) is 4.79 Å². The Labute approximate surface area is 91.9 Å². The lowest BCUT2D eigenvalue weighted by molar-refractivity contribution is 0.246. The summed E-state index contributed by atoms with van der Waals surface area (Å²) < 4.78 is 1.23. The Morgan fingerprint density at radius 3 is 2.87 bits per heavy atom. The molecule has 3 N–H and O–H groups in total. The first-order chi connectivity index (χ1) is 7.16. The van der Waals surface area contributed by atoms with Crippen LogP contribution in [0.4, 0.5) is 4.79 Å². The number of hydrogen-bond acceptors (Lipinski definition) is 2. The van der Waals surface area contributed by atoms with Gasteiger partial charge in [0.2, 0.25) is 0 Å². The lowest BCUT2D eigenvalue weighted by atomic mass is 10.2. The summed E-state index contributed by atoms with van der Waals surface area (Å²) in [5.74, 6) is 0. The van der Waals surface area contributed by atoms with E-state index in [1.54, 1.807) is 11.3 Å². The fraction of sp³-hybridized carbons (Fsp3) is 0.182. The molecule has 1 aromatic heterocycles. The summed E-state index contributed by atoms with van der Waals surface area (Å²) in [4.78, 5) is 11.8. The van der Waals surface area contributed by atoms with Gasteiger partial charge in [-0.3, -0.25) is 0 Å². The number of carbonyl (C=O) groups excluding carboxylic acids is 1. The van der Waals surface area contributed by atoms with Crippen molar-refractivity contribution in [1.29, 1.82) is 0 Å². The number of rotatable bonds is 2. The van der Waals surface area contributed by atoms with Crippen molar-refractivity contribution < 1.29 is 4.79 Å². The molecule has 0 aliphatic heterocycles. The maximum Gasteiger partial charge on any atom is 0.312 e. The van der Waals surface area contributed by atoms with Crippen molar-refractivity contribution in [2.24, 2.45) is 5.73 Å². The van der Waals surface area contributed by atoms with Gasteiger partial charge in [-0.15, -0.1) is 11.3 Å². The van der Waals surface area contributed by atoms with Crippen LogP contribution in [-0.2, 0) is 0 Å². The van der Waals surface area contributed by atoms with Gasteiger partial charge in [0.15, 0.2) is 0 Å². The summed E-state index contributed by atoms with van der Waals surface area (Å²) in [6.45, 7) is 1.93. The second kappa shape index (κ2) is 3.90. The van der Waals surface area contributed by atoms with Crippen molar-refractivity contribution in [2.45, 2.75) is 13.0 Å². The van der Waals surface area contributed by atoms with Gasteiger partial charge in [0.25, 0.3) is 0 Å². The van der Waals surface area contributed by atoms with Crippen LogP contribution >= 0.6 is 11.3 Å². The standard InChI is InChI=1S/C11H12N2OS/c1-7(13-11(12)14)10-6-8-4-2-3-5-9(8)15-10/h2-7H,1H3,(H3,12,13,14)/t7-/m0/s1. The number of thiophene rings is 1. The fourth-order valence-electron chi connectivity index (χ4n) is 1.50. The quantitative estimate of drug-likeness (QED) is 0.803. The molecule has 3 nitrogen and oxygen atoms in total. The van der Waals surface area contributed by atoms with Gasteiger partial charge < -0.3 is 11.1 Å². The minimum atomic E-state index is -0.486.